The molecule has 0 amide bonds. The molecule has 0 radical (unpaired) electrons. The van der Waals surface area contributed by atoms with Gasteiger partial charge in [-0.15, -0.1) is 0 Å². The Balaban J connectivity index is 0.000000210. The van der Waals surface area contributed by atoms with E-state index < -0.39 is 0 Å². The molecular formula is C117H122N4. The summed E-state index contributed by atoms with van der Waals surface area (Å²) in [6.45, 7) is 27.3. The maximum Gasteiger partial charge on any atom is 0.0462 e. The standard InChI is InChI=1S/C62H68N2.C55H54N2/c1-9-45(5)53-25-37-59(38-26-53)63(60-39-27-54(28-40-60)46(6)10-2)57-33-21-51(22-34-57)19-17-49-13-15-50(16-14-49)18-20-52-23-35-58(36-24-52)64(61-41-29-55(30-42-61)47(7)11-3)62-43-31-56(32-44-62)48(8)12-4;1-5-13-43(4)49-32-40-55(41-33-49)57(51-16-11-8-12-17-51)53-36-28-47(29-37-53)25-23-45-20-18-44(19-21-45)22-24-46-26-34-52(35-27-46)56(50-14-9-7-10-15-50)54-38-30-48(31-39-54)42(3)6-2/h13-48H,9-12H2,1-8H3;7-12,14-43H,5-6,13H2,1-4H3/b19-17+,20-18+;24-22+,25-23+. The van der Waals surface area contributed by atoms with Crippen LogP contribution < -0.4 is 19.6 Å². The molecule has 0 heterocycles. The molecule has 0 aromatic heterocycles. The van der Waals surface area contributed by atoms with Crippen molar-refractivity contribution in [3.05, 3.63) is 430 Å². The fourth-order valence-corrected chi connectivity index (χ4v) is 15.6. The molecule has 0 saturated heterocycles. The van der Waals surface area contributed by atoms with Crippen LogP contribution in [0.3, 0.4) is 0 Å². The summed E-state index contributed by atoms with van der Waals surface area (Å²) in [6, 6.07) is 129. The number of benzene rings is 14. The fraction of sp³-hybridized carbons (Fsp3) is 0.214. The quantitative estimate of drug-likeness (QED) is 0.0380. The first-order valence-corrected chi connectivity index (χ1v) is 44.4. The maximum atomic E-state index is 2.37. The first-order chi connectivity index (χ1) is 59.2. The number of rotatable bonds is 33. The van der Waals surface area contributed by atoms with Gasteiger partial charge >= 0.3 is 0 Å². The van der Waals surface area contributed by atoms with Gasteiger partial charge in [-0.05, 0) is 298 Å². The van der Waals surface area contributed by atoms with Crippen molar-refractivity contribution in [1.82, 2.24) is 0 Å². The van der Waals surface area contributed by atoms with Gasteiger partial charge in [0.25, 0.3) is 0 Å². The predicted molar refractivity (Wildman–Crippen MR) is 530 cm³/mol. The molecule has 0 fully saturated rings. The molecule has 4 nitrogen and oxygen atoms in total. The van der Waals surface area contributed by atoms with Crippen molar-refractivity contribution in [2.75, 3.05) is 19.6 Å². The van der Waals surface area contributed by atoms with E-state index in [0.29, 0.717) is 35.5 Å². The molecule has 4 heteroatoms. The highest BCUT2D eigenvalue weighted by molar-refractivity contribution is 5.84. The summed E-state index contributed by atoms with van der Waals surface area (Å²) in [4.78, 5) is 9.38. The van der Waals surface area contributed by atoms with Gasteiger partial charge in [0.2, 0.25) is 0 Å². The average molecular weight is 1580 g/mol. The van der Waals surface area contributed by atoms with E-state index in [-0.39, 0.29) is 0 Å². The van der Waals surface area contributed by atoms with Crippen LogP contribution in [0, 0.1) is 0 Å². The van der Waals surface area contributed by atoms with Gasteiger partial charge in [0.05, 0.1) is 0 Å². The number of nitrogens with zero attached hydrogens (tertiary/aromatic N) is 4. The van der Waals surface area contributed by atoms with Gasteiger partial charge in [-0.3, -0.25) is 0 Å². The van der Waals surface area contributed by atoms with E-state index in [1.54, 1.807) is 0 Å². The number of para-hydroxylation sites is 2. The molecule has 14 aromatic carbocycles. The Bertz CT molecular complexity index is 5290. The Morgan fingerprint density at radius 2 is 0.298 bits per heavy atom. The zero-order chi connectivity index (χ0) is 84.4. The summed E-state index contributed by atoms with van der Waals surface area (Å²) in [5, 5.41) is 0. The van der Waals surface area contributed by atoms with Gasteiger partial charge < -0.3 is 19.6 Å². The Hall–Kier alpha value is -12.8. The van der Waals surface area contributed by atoms with Crippen molar-refractivity contribution in [3.8, 4) is 0 Å². The summed E-state index contributed by atoms with van der Waals surface area (Å²) in [6.07, 6.45) is 25.6. The first kappa shape index (κ1) is 86.1. The van der Waals surface area contributed by atoms with Crippen LogP contribution in [0.5, 0.6) is 0 Å². The third-order valence-corrected chi connectivity index (χ3v) is 24.5. The van der Waals surface area contributed by atoms with Crippen LogP contribution in [0.1, 0.15) is 241 Å². The van der Waals surface area contributed by atoms with Crippen molar-refractivity contribution < 1.29 is 0 Å². The second-order valence-electron chi connectivity index (χ2n) is 32.8. The molecule has 14 rings (SSSR count). The Morgan fingerprint density at radius 1 is 0.165 bits per heavy atom. The topological polar surface area (TPSA) is 13.0 Å². The molecule has 14 aromatic rings. The number of anilines is 12. The lowest BCUT2D eigenvalue weighted by Crippen LogP contribution is -2.10. The number of hydrogen-bond acceptors (Lipinski definition) is 4. The van der Waals surface area contributed by atoms with E-state index in [0.717, 1.165) is 88.7 Å². The van der Waals surface area contributed by atoms with Crippen LogP contribution >= 0.6 is 0 Å². The molecule has 6 unspecified atom stereocenters. The van der Waals surface area contributed by atoms with E-state index in [1.807, 2.05) is 0 Å². The lowest BCUT2D eigenvalue weighted by atomic mass is 9.96. The maximum absolute atomic E-state index is 2.37. The molecule has 0 spiro atoms. The third kappa shape index (κ3) is 22.8. The average Bonchev–Trinajstić information content (AvgIpc) is 0.814. The Kier molecular flexibility index (Phi) is 30.4. The first-order valence-electron chi connectivity index (χ1n) is 44.4. The van der Waals surface area contributed by atoms with Crippen molar-refractivity contribution in [1.29, 1.82) is 0 Å². The minimum absolute atomic E-state index is 0.546. The minimum atomic E-state index is 0.546. The monoisotopic (exact) mass is 1580 g/mol. The summed E-state index contributed by atoms with van der Waals surface area (Å²) < 4.78 is 0. The molecule has 0 aliphatic heterocycles. The van der Waals surface area contributed by atoms with Crippen LogP contribution in [0.25, 0.3) is 48.6 Å². The van der Waals surface area contributed by atoms with Crippen molar-refractivity contribution >= 4 is 117 Å². The SMILES string of the molecule is CCC(C)c1ccc(N(c2ccc(/C=C/c3ccc(/C=C/c4ccc(N(c5ccc(C(C)CC)cc5)c5ccc(C(C)CC)cc5)cc4)cc3)cc2)c2ccc(C(C)CC)cc2)cc1.CCCC(C)c1ccc(N(c2ccccc2)c2ccc(/C=C/c3ccc(/C=C/c4ccc(N(c5ccccc5)c5ccc(C(C)CC)cc5)cc4)cc3)cc2)cc1. The molecule has 0 N–H and O–H groups in total. The summed E-state index contributed by atoms with van der Waals surface area (Å²) in [7, 11) is 0. The third-order valence-electron chi connectivity index (χ3n) is 24.5. The van der Waals surface area contributed by atoms with Crippen LogP contribution in [0.2, 0.25) is 0 Å². The minimum Gasteiger partial charge on any atom is -0.311 e. The van der Waals surface area contributed by atoms with Gasteiger partial charge in [0.1, 0.15) is 0 Å². The molecule has 0 aliphatic carbocycles. The van der Waals surface area contributed by atoms with Gasteiger partial charge in [0, 0.05) is 68.2 Å². The van der Waals surface area contributed by atoms with Crippen LogP contribution in [-0.2, 0) is 0 Å². The molecule has 121 heavy (non-hydrogen) atoms. The van der Waals surface area contributed by atoms with Crippen LogP contribution in [-0.4, -0.2) is 0 Å². The summed E-state index contributed by atoms with van der Waals surface area (Å²) in [5.41, 5.74) is 31.5. The fourth-order valence-electron chi connectivity index (χ4n) is 15.6. The Morgan fingerprint density at radius 3 is 0.446 bits per heavy atom. The van der Waals surface area contributed by atoms with E-state index in [2.05, 4.69) is 503 Å². The molecule has 0 saturated carbocycles. The highest BCUT2D eigenvalue weighted by Crippen LogP contribution is 2.42. The van der Waals surface area contributed by atoms with Gasteiger partial charge in [-0.1, -0.05) is 344 Å². The second-order valence-corrected chi connectivity index (χ2v) is 32.8. The van der Waals surface area contributed by atoms with Gasteiger partial charge in [0.15, 0.2) is 0 Å². The van der Waals surface area contributed by atoms with E-state index in [9.17, 15) is 0 Å². The molecule has 6 atom stereocenters. The van der Waals surface area contributed by atoms with Gasteiger partial charge in [-0.2, -0.15) is 0 Å². The molecule has 0 bridgehead atoms. The number of hydrogen-bond donors (Lipinski definition) is 0. The van der Waals surface area contributed by atoms with E-state index >= 15 is 0 Å². The second kappa shape index (κ2) is 42.8. The van der Waals surface area contributed by atoms with Crippen molar-refractivity contribution in [2.24, 2.45) is 0 Å². The predicted octanol–water partition coefficient (Wildman–Crippen LogP) is 35.4. The lowest BCUT2D eigenvalue weighted by molar-refractivity contribution is 0.665. The highest BCUT2D eigenvalue weighted by atomic mass is 15.2. The smallest absolute Gasteiger partial charge is 0.0462 e. The van der Waals surface area contributed by atoms with E-state index in [1.165, 1.54) is 102 Å². The van der Waals surface area contributed by atoms with Gasteiger partial charge in [-0.25, -0.2) is 0 Å². The Labute approximate surface area is 725 Å². The lowest BCUT2D eigenvalue weighted by Gasteiger charge is -2.26. The summed E-state index contributed by atoms with van der Waals surface area (Å²) in [5.74, 6) is 3.31. The van der Waals surface area contributed by atoms with Crippen LogP contribution in [0.15, 0.2) is 352 Å². The molecular weight excluding hydrogens is 1460 g/mol. The van der Waals surface area contributed by atoms with E-state index in [4.69, 9.17) is 0 Å². The van der Waals surface area contributed by atoms with Crippen molar-refractivity contribution in [2.45, 2.75) is 164 Å². The van der Waals surface area contributed by atoms with Crippen LogP contribution in [0.4, 0.5) is 68.2 Å². The highest BCUT2D eigenvalue weighted by Gasteiger charge is 2.20. The molecule has 610 valence electrons. The molecule has 0 aliphatic rings. The zero-order valence-corrected chi connectivity index (χ0v) is 73.3. The largest absolute Gasteiger partial charge is 0.311 e. The zero-order valence-electron chi connectivity index (χ0n) is 73.3. The normalized spacial score (nSPS) is 13.0. The van der Waals surface area contributed by atoms with Crippen molar-refractivity contribution in [3.63, 3.8) is 0 Å². The summed E-state index contributed by atoms with van der Waals surface area (Å²) >= 11 is 0.